The molecule has 3 rings (SSSR count). The Balaban J connectivity index is 1.43. The molecule has 10 heteroatoms. The van der Waals surface area contributed by atoms with Crippen molar-refractivity contribution in [2.45, 2.75) is 56.6 Å². The van der Waals surface area contributed by atoms with Crippen LogP contribution < -0.4 is 10.9 Å². The van der Waals surface area contributed by atoms with E-state index < -0.39 is 0 Å². The molecule has 2 N–H and O–H groups in total. The first-order valence-electron chi connectivity index (χ1n) is 11.5. The van der Waals surface area contributed by atoms with Gasteiger partial charge in [0.05, 0.1) is 5.25 Å². The SMILES string of the molecule is S=C(NN1CCCCCC1)SSCC(SSC(=S)NN1CCCCCC1)c1ccccc1. The third-order valence-corrected chi connectivity index (χ3v) is 11.6. The second-order valence-corrected chi connectivity index (χ2v) is 14.1. The molecule has 1 aromatic rings. The Morgan fingerprint density at radius 2 is 1.25 bits per heavy atom. The molecule has 0 radical (unpaired) electrons. The van der Waals surface area contributed by atoms with Gasteiger partial charge in [0.15, 0.2) is 8.64 Å². The highest BCUT2D eigenvalue weighted by molar-refractivity contribution is 8.85. The molecule has 0 spiro atoms. The predicted molar refractivity (Wildman–Crippen MR) is 156 cm³/mol. The summed E-state index contributed by atoms with van der Waals surface area (Å²) in [6.07, 6.45) is 10.3. The first-order chi connectivity index (χ1) is 15.7. The van der Waals surface area contributed by atoms with Crippen molar-refractivity contribution < 1.29 is 0 Å². The molecule has 0 saturated carbocycles. The minimum atomic E-state index is 0.351. The zero-order valence-electron chi connectivity index (χ0n) is 18.5. The van der Waals surface area contributed by atoms with Crippen LogP contribution in [-0.4, -0.2) is 50.6 Å². The van der Waals surface area contributed by atoms with Crippen LogP contribution in [0.2, 0.25) is 0 Å². The minimum absolute atomic E-state index is 0.351. The summed E-state index contributed by atoms with van der Waals surface area (Å²) in [7, 11) is 7.04. The smallest absolute Gasteiger partial charge is 0.158 e. The number of thiocarbonyl (C=S) groups is 2. The van der Waals surface area contributed by atoms with Gasteiger partial charge >= 0.3 is 0 Å². The van der Waals surface area contributed by atoms with E-state index in [2.05, 4.69) is 51.2 Å². The summed E-state index contributed by atoms with van der Waals surface area (Å²) < 4.78 is 1.72. The Morgan fingerprint density at radius 3 is 1.78 bits per heavy atom. The maximum Gasteiger partial charge on any atom is 0.158 e. The summed E-state index contributed by atoms with van der Waals surface area (Å²) in [4.78, 5) is 0. The summed E-state index contributed by atoms with van der Waals surface area (Å²) >= 11 is 11.2. The third-order valence-electron chi connectivity index (χ3n) is 5.48. The fourth-order valence-electron chi connectivity index (χ4n) is 3.76. The van der Waals surface area contributed by atoms with Gasteiger partial charge in [-0.15, -0.1) is 0 Å². The molecule has 1 aromatic carbocycles. The van der Waals surface area contributed by atoms with E-state index in [1.54, 1.807) is 21.6 Å². The van der Waals surface area contributed by atoms with Crippen LogP contribution in [0.4, 0.5) is 0 Å². The lowest BCUT2D eigenvalue weighted by atomic mass is 10.2. The molecule has 1 atom stereocenters. The molecule has 2 fully saturated rings. The highest BCUT2D eigenvalue weighted by Crippen LogP contribution is 2.42. The van der Waals surface area contributed by atoms with Crippen LogP contribution in [0, 0.1) is 0 Å². The number of nitrogens with one attached hydrogen (secondary N) is 2. The van der Waals surface area contributed by atoms with Crippen molar-refractivity contribution in [3.63, 3.8) is 0 Å². The van der Waals surface area contributed by atoms with Crippen LogP contribution in [-0.2, 0) is 0 Å². The molecule has 0 amide bonds. The van der Waals surface area contributed by atoms with Crippen molar-refractivity contribution in [3.8, 4) is 0 Å². The van der Waals surface area contributed by atoms with Gasteiger partial charge in [-0.3, -0.25) is 0 Å². The molecule has 178 valence electrons. The molecule has 0 bridgehead atoms. The van der Waals surface area contributed by atoms with E-state index in [1.165, 1.54) is 56.9 Å². The largest absolute Gasteiger partial charge is 0.303 e. The van der Waals surface area contributed by atoms with E-state index in [0.717, 1.165) is 40.6 Å². The van der Waals surface area contributed by atoms with Crippen molar-refractivity contribution in [1.82, 2.24) is 20.9 Å². The summed E-state index contributed by atoms with van der Waals surface area (Å²) in [6, 6.07) is 10.7. The Bertz CT molecular complexity index is 676. The third kappa shape index (κ3) is 10.7. The Kier molecular flexibility index (Phi) is 13.5. The number of benzene rings is 1. The molecule has 2 aliphatic heterocycles. The summed E-state index contributed by atoms with van der Waals surface area (Å²) in [5.74, 6) is 0.973. The predicted octanol–water partition coefficient (Wildman–Crippen LogP) is 6.82. The zero-order chi connectivity index (χ0) is 22.4. The first kappa shape index (κ1) is 26.9. The minimum Gasteiger partial charge on any atom is -0.303 e. The standard InChI is InChI=1S/C22H34N4S6/c27-21(23-25-14-8-1-2-9-15-25)31-29-18-20(19-12-6-5-7-13-19)30-32-22(28)24-26-16-10-3-4-11-17-26/h5-7,12-13,20H,1-4,8-11,14-18H2,(H,23,27)(H,24,28). The maximum absolute atomic E-state index is 5.64. The summed E-state index contributed by atoms with van der Waals surface area (Å²) in [5, 5.41) is 4.93. The molecule has 2 aliphatic rings. The number of nitrogens with zero attached hydrogens (tertiary/aromatic N) is 2. The van der Waals surface area contributed by atoms with Gasteiger partial charge in [-0.05, 0) is 52.8 Å². The molecule has 0 aliphatic carbocycles. The molecule has 32 heavy (non-hydrogen) atoms. The maximum atomic E-state index is 5.64. The van der Waals surface area contributed by atoms with E-state index in [-0.39, 0.29) is 0 Å². The van der Waals surface area contributed by atoms with Crippen molar-refractivity contribution in [2.75, 3.05) is 31.9 Å². The Morgan fingerprint density at radius 1 is 0.750 bits per heavy atom. The van der Waals surface area contributed by atoms with Crippen LogP contribution in [0.3, 0.4) is 0 Å². The molecular weight excluding hydrogens is 513 g/mol. The van der Waals surface area contributed by atoms with Gasteiger partial charge in [0.2, 0.25) is 0 Å². The number of hydrazine groups is 2. The molecule has 2 heterocycles. The van der Waals surface area contributed by atoms with E-state index >= 15 is 0 Å². The normalized spacial score (nSPS) is 19.5. The molecular formula is C22H34N4S6. The van der Waals surface area contributed by atoms with Crippen molar-refractivity contribution >= 4 is 76.3 Å². The van der Waals surface area contributed by atoms with Gasteiger partial charge < -0.3 is 10.9 Å². The average Bonchev–Trinajstić information content (AvgIpc) is 3.22. The monoisotopic (exact) mass is 546 g/mol. The van der Waals surface area contributed by atoms with Crippen LogP contribution >= 0.6 is 67.6 Å². The van der Waals surface area contributed by atoms with Crippen LogP contribution in [0.25, 0.3) is 0 Å². The zero-order valence-corrected chi connectivity index (χ0v) is 23.4. The Hall–Kier alpha value is 0.320. The highest BCUT2D eigenvalue weighted by atomic mass is 33.1. The second-order valence-electron chi connectivity index (χ2n) is 8.05. The van der Waals surface area contributed by atoms with E-state index in [1.807, 2.05) is 21.6 Å². The van der Waals surface area contributed by atoms with E-state index in [4.69, 9.17) is 24.4 Å². The topological polar surface area (TPSA) is 30.5 Å². The number of hydrogen-bond acceptors (Lipinski definition) is 8. The molecule has 0 aromatic heterocycles. The summed E-state index contributed by atoms with van der Waals surface area (Å²) in [5.41, 5.74) is 8.22. The van der Waals surface area contributed by atoms with Gasteiger partial charge in [0.1, 0.15) is 0 Å². The summed E-state index contributed by atoms with van der Waals surface area (Å²) in [6.45, 7) is 4.35. The van der Waals surface area contributed by atoms with Crippen LogP contribution in [0.15, 0.2) is 30.3 Å². The van der Waals surface area contributed by atoms with Crippen molar-refractivity contribution in [1.29, 1.82) is 0 Å². The first-order valence-corrected chi connectivity index (χ1v) is 16.8. The van der Waals surface area contributed by atoms with Crippen molar-refractivity contribution in [2.24, 2.45) is 0 Å². The highest BCUT2D eigenvalue weighted by Gasteiger charge is 2.17. The van der Waals surface area contributed by atoms with Gasteiger partial charge in [-0.1, -0.05) is 102 Å². The number of rotatable bonds is 8. The van der Waals surface area contributed by atoms with Gasteiger partial charge in [-0.25, -0.2) is 10.0 Å². The van der Waals surface area contributed by atoms with Gasteiger partial charge in [0, 0.05) is 31.9 Å². The molecule has 1 unspecified atom stereocenters. The van der Waals surface area contributed by atoms with Crippen LogP contribution in [0.1, 0.15) is 62.2 Å². The van der Waals surface area contributed by atoms with Crippen LogP contribution in [0.5, 0.6) is 0 Å². The number of hydrogen-bond donors (Lipinski definition) is 2. The lowest BCUT2D eigenvalue weighted by molar-refractivity contribution is 0.249. The lowest BCUT2D eigenvalue weighted by Crippen LogP contribution is -2.40. The van der Waals surface area contributed by atoms with Gasteiger partial charge in [-0.2, -0.15) is 0 Å². The lowest BCUT2D eigenvalue weighted by Gasteiger charge is -2.23. The fraction of sp³-hybridized carbons (Fsp3) is 0.636. The molecule has 2 saturated heterocycles. The second kappa shape index (κ2) is 16.1. The van der Waals surface area contributed by atoms with Crippen molar-refractivity contribution in [3.05, 3.63) is 35.9 Å². The van der Waals surface area contributed by atoms with E-state index in [0.29, 0.717) is 5.25 Å². The fourth-order valence-corrected chi connectivity index (χ4v) is 9.39. The molecule has 4 nitrogen and oxygen atoms in total. The quantitative estimate of drug-likeness (QED) is 0.267. The average molecular weight is 547 g/mol. The van der Waals surface area contributed by atoms with E-state index in [9.17, 15) is 0 Å². The Labute approximate surface area is 220 Å². The van der Waals surface area contributed by atoms with Gasteiger partial charge in [0.25, 0.3) is 0 Å².